The van der Waals surface area contributed by atoms with Gasteiger partial charge in [0.1, 0.15) is 5.82 Å². The first-order valence-electron chi connectivity index (χ1n) is 7.03. The summed E-state index contributed by atoms with van der Waals surface area (Å²) in [5, 5.41) is 0.485. The Labute approximate surface area is 124 Å². The van der Waals surface area contributed by atoms with Gasteiger partial charge in [-0.3, -0.25) is 4.99 Å². The van der Waals surface area contributed by atoms with Gasteiger partial charge in [0.25, 0.3) is 0 Å². The minimum Gasteiger partial charge on any atom is -0.370 e. The minimum atomic E-state index is -0.305. The molecule has 0 saturated heterocycles. The topological polar surface area (TPSA) is 41.6 Å². The van der Waals surface area contributed by atoms with Crippen molar-refractivity contribution in [1.29, 1.82) is 0 Å². The average Bonchev–Trinajstić information content (AvgIpc) is 3.19. The number of aliphatic imine (C=N–C) groups is 1. The fraction of sp³-hybridized carbons (Fsp3) is 0.533. The highest BCUT2D eigenvalue weighted by molar-refractivity contribution is 6.31. The van der Waals surface area contributed by atoms with Gasteiger partial charge in [0.05, 0.1) is 6.54 Å². The van der Waals surface area contributed by atoms with Crippen LogP contribution >= 0.6 is 11.6 Å². The van der Waals surface area contributed by atoms with E-state index >= 15 is 0 Å². The molecule has 0 heterocycles. The number of hydrogen-bond acceptors (Lipinski definition) is 1. The molecule has 1 aromatic rings. The van der Waals surface area contributed by atoms with Gasteiger partial charge in [-0.05, 0) is 44.4 Å². The summed E-state index contributed by atoms with van der Waals surface area (Å²) in [5.41, 5.74) is 6.93. The van der Waals surface area contributed by atoms with Crippen LogP contribution in [-0.4, -0.2) is 30.5 Å². The van der Waals surface area contributed by atoms with E-state index in [4.69, 9.17) is 17.3 Å². The van der Waals surface area contributed by atoms with Crippen molar-refractivity contribution in [1.82, 2.24) is 4.90 Å². The zero-order chi connectivity index (χ0) is 14.8. The molecule has 1 aromatic carbocycles. The van der Waals surface area contributed by atoms with Gasteiger partial charge in [-0.2, -0.15) is 0 Å². The van der Waals surface area contributed by atoms with Crippen LogP contribution in [0.5, 0.6) is 0 Å². The normalized spacial score (nSPS) is 17.1. The highest BCUT2D eigenvalue weighted by atomic mass is 35.5. The van der Waals surface area contributed by atoms with Crippen LogP contribution in [0.2, 0.25) is 5.02 Å². The SMILES string of the molecule is CCN(CC)C(N)=NCC1(c2ccc(F)cc2Cl)CC1. The predicted molar refractivity (Wildman–Crippen MR) is 81.7 cm³/mol. The van der Waals surface area contributed by atoms with Gasteiger partial charge in [-0.15, -0.1) is 0 Å². The lowest BCUT2D eigenvalue weighted by Gasteiger charge is -2.21. The Morgan fingerprint density at radius 1 is 1.40 bits per heavy atom. The van der Waals surface area contributed by atoms with Crippen molar-refractivity contribution < 1.29 is 4.39 Å². The van der Waals surface area contributed by atoms with Crippen LogP contribution in [0.15, 0.2) is 23.2 Å². The van der Waals surface area contributed by atoms with Crippen molar-refractivity contribution in [2.75, 3.05) is 19.6 Å². The van der Waals surface area contributed by atoms with Crippen LogP contribution in [0.1, 0.15) is 32.3 Å². The fourth-order valence-corrected chi connectivity index (χ4v) is 2.83. The van der Waals surface area contributed by atoms with E-state index < -0.39 is 0 Å². The predicted octanol–water partition coefficient (Wildman–Crippen LogP) is 3.17. The third-order valence-electron chi connectivity index (χ3n) is 3.99. The van der Waals surface area contributed by atoms with E-state index in [0.29, 0.717) is 17.5 Å². The van der Waals surface area contributed by atoms with Gasteiger partial charge in [0.15, 0.2) is 5.96 Å². The summed E-state index contributed by atoms with van der Waals surface area (Å²) in [4.78, 5) is 6.52. The van der Waals surface area contributed by atoms with Gasteiger partial charge in [0, 0.05) is 23.5 Å². The third kappa shape index (κ3) is 3.06. The molecule has 0 unspecified atom stereocenters. The molecule has 110 valence electrons. The molecule has 1 aliphatic rings. The standard InChI is InChI=1S/C15H21ClFN3/c1-3-20(4-2)14(18)19-10-15(7-8-15)12-6-5-11(17)9-13(12)16/h5-6,9H,3-4,7-8,10H2,1-2H3,(H2,18,19). The van der Waals surface area contributed by atoms with E-state index in [1.54, 1.807) is 6.07 Å². The maximum absolute atomic E-state index is 13.1. The molecule has 0 bridgehead atoms. The second-order valence-electron chi connectivity index (χ2n) is 5.25. The molecule has 2 rings (SSSR count). The fourth-order valence-electron chi connectivity index (χ4n) is 2.46. The first-order valence-corrected chi connectivity index (χ1v) is 7.40. The largest absolute Gasteiger partial charge is 0.370 e. The molecule has 1 fully saturated rings. The zero-order valence-electron chi connectivity index (χ0n) is 12.0. The first kappa shape index (κ1) is 15.1. The molecule has 0 spiro atoms. The van der Waals surface area contributed by atoms with Crippen LogP contribution in [0.3, 0.4) is 0 Å². The minimum absolute atomic E-state index is 0.0530. The quantitative estimate of drug-likeness (QED) is 0.670. The van der Waals surface area contributed by atoms with Crippen LogP contribution in [-0.2, 0) is 5.41 Å². The van der Waals surface area contributed by atoms with Crippen molar-refractivity contribution in [2.24, 2.45) is 10.7 Å². The second kappa shape index (κ2) is 6.00. The summed E-state index contributed by atoms with van der Waals surface area (Å²) in [6, 6.07) is 4.60. The smallest absolute Gasteiger partial charge is 0.191 e. The van der Waals surface area contributed by atoms with Crippen molar-refractivity contribution in [2.45, 2.75) is 32.1 Å². The Balaban J connectivity index is 2.14. The monoisotopic (exact) mass is 297 g/mol. The molecule has 1 aliphatic carbocycles. The lowest BCUT2D eigenvalue weighted by Crippen LogP contribution is -2.37. The molecule has 0 aromatic heterocycles. The van der Waals surface area contributed by atoms with Crippen molar-refractivity contribution in [3.63, 3.8) is 0 Å². The van der Waals surface area contributed by atoms with Crippen molar-refractivity contribution in [3.05, 3.63) is 34.6 Å². The Kier molecular flexibility index (Phi) is 4.53. The molecule has 0 atom stereocenters. The summed E-state index contributed by atoms with van der Waals surface area (Å²) in [7, 11) is 0. The Morgan fingerprint density at radius 2 is 2.05 bits per heavy atom. The second-order valence-corrected chi connectivity index (χ2v) is 5.66. The number of nitrogens with zero attached hydrogens (tertiary/aromatic N) is 2. The Bertz CT molecular complexity index is 508. The highest BCUT2D eigenvalue weighted by Crippen LogP contribution is 2.50. The number of nitrogens with two attached hydrogens (primary N) is 1. The number of halogens is 2. The Hall–Kier alpha value is -1.29. The van der Waals surface area contributed by atoms with E-state index in [1.165, 1.54) is 12.1 Å². The molecule has 1 saturated carbocycles. The van der Waals surface area contributed by atoms with Crippen LogP contribution in [0.25, 0.3) is 0 Å². The van der Waals surface area contributed by atoms with Gasteiger partial charge >= 0.3 is 0 Å². The van der Waals surface area contributed by atoms with Gasteiger partial charge < -0.3 is 10.6 Å². The summed E-state index contributed by atoms with van der Waals surface area (Å²) in [6.45, 7) is 6.40. The lowest BCUT2D eigenvalue weighted by atomic mass is 9.96. The van der Waals surface area contributed by atoms with Crippen LogP contribution in [0, 0.1) is 5.82 Å². The molecule has 20 heavy (non-hydrogen) atoms. The lowest BCUT2D eigenvalue weighted by molar-refractivity contribution is 0.456. The number of rotatable bonds is 5. The maximum Gasteiger partial charge on any atom is 0.191 e. The molecule has 0 amide bonds. The molecule has 0 aliphatic heterocycles. The number of benzene rings is 1. The molecule has 2 N–H and O–H groups in total. The highest BCUT2D eigenvalue weighted by Gasteiger charge is 2.45. The molecule has 5 heteroatoms. The van der Waals surface area contributed by atoms with E-state index in [1.807, 2.05) is 4.90 Å². The number of guanidine groups is 1. The van der Waals surface area contributed by atoms with Gasteiger partial charge in [-0.1, -0.05) is 17.7 Å². The van der Waals surface area contributed by atoms with Crippen LogP contribution < -0.4 is 5.73 Å². The van der Waals surface area contributed by atoms with E-state index in [2.05, 4.69) is 18.8 Å². The summed E-state index contributed by atoms with van der Waals surface area (Å²) < 4.78 is 13.1. The Morgan fingerprint density at radius 3 is 2.55 bits per heavy atom. The van der Waals surface area contributed by atoms with Gasteiger partial charge in [-0.25, -0.2) is 4.39 Å². The zero-order valence-corrected chi connectivity index (χ0v) is 12.8. The molecular formula is C15H21ClFN3. The summed E-state index contributed by atoms with van der Waals surface area (Å²) >= 11 is 6.16. The van der Waals surface area contributed by atoms with Gasteiger partial charge in [0.2, 0.25) is 0 Å². The first-order chi connectivity index (χ1) is 9.52. The number of hydrogen-bond donors (Lipinski definition) is 1. The third-order valence-corrected chi connectivity index (χ3v) is 4.30. The summed E-state index contributed by atoms with van der Waals surface area (Å²) in [5.74, 6) is 0.264. The molecule has 0 radical (unpaired) electrons. The van der Waals surface area contributed by atoms with Crippen LogP contribution in [0.4, 0.5) is 4.39 Å². The summed E-state index contributed by atoms with van der Waals surface area (Å²) in [6.07, 6.45) is 2.04. The van der Waals surface area contributed by atoms with Crippen molar-refractivity contribution >= 4 is 17.6 Å². The van der Waals surface area contributed by atoms with E-state index in [9.17, 15) is 4.39 Å². The average molecular weight is 298 g/mol. The molecule has 3 nitrogen and oxygen atoms in total. The van der Waals surface area contributed by atoms with E-state index in [0.717, 1.165) is 31.5 Å². The van der Waals surface area contributed by atoms with E-state index in [-0.39, 0.29) is 11.2 Å². The maximum atomic E-state index is 13.1. The molecular weight excluding hydrogens is 277 g/mol. The van der Waals surface area contributed by atoms with Crippen molar-refractivity contribution in [3.8, 4) is 0 Å².